The van der Waals surface area contributed by atoms with Gasteiger partial charge in [-0.15, -0.1) is 0 Å². The quantitative estimate of drug-likeness (QED) is 0.810. The summed E-state index contributed by atoms with van der Waals surface area (Å²) >= 11 is 5.18. The van der Waals surface area contributed by atoms with Gasteiger partial charge in [0.1, 0.15) is 5.75 Å². The van der Waals surface area contributed by atoms with Gasteiger partial charge in [-0.2, -0.15) is 11.3 Å². The zero-order chi connectivity index (χ0) is 11.4. The molecular weight excluding hydrogens is 284 g/mol. The molecule has 0 amide bonds. The lowest BCUT2D eigenvalue weighted by molar-refractivity contribution is 0.320. The molecule has 0 unspecified atom stereocenters. The molecule has 0 bridgehead atoms. The predicted octanol–water partition coefficient (Wildman–Crippen LogP) is 4.44. The van der Waals surface area contributed by atoms with Crippen molar-refractivity contribution in [3.05, 3.63) is 50.6 Å². The molecule has 0 radical (unpaired) electrons. The molecule has 84 valence electrons. The molecule has 0 saturated heterocycles. The third kappa shape index (κ3) is 3.09. The fourth-order valence-electron chi connectivity index (χ4n) is 1.44. The van der Waals surface area contributed by atoms with E-state index in [-0.39, 0.29) is 0 Å². The van der Waals surface area contributed by atoms with Crippen molar-refractivity contribution < 1.29 is 4.74 Å². The Hall–Kier alpha value is -0.800. The normalized spacial score (nSPS) is 10.4. The monoisotopic (exact) mass is 296 g/mol. The van der Waals surface area contributed by atoms with Gasteiger partial charge in [0.05, 0.1) is 6.61 Å². The number of hydrogen-bond acceptors (Lipinski definition) is 2. The van der Waals surface area contributed by atoms with Crippen molar-refractivity contribution in [2.75, 3.05) is 6.61 Å². The van der Waals surface area contributed by atoms with Crippen LogP contribution in [-0.4, -0.2) is 6.61 Å². The van der Waals surface area contributed by atoms with Gasteiger partial charge < -0.3 is 4.74 Å². The van der Waals surface area contributed by atoms with E-state index in [4.69, 9.17) is 4.74 Å². The molecule has 0 aliphatic heterocycles. The molecule has 1 aromatic carbocycles. The third-order valence-electron chi connectivity index (χ3n) is 2.38. The third-order valence-corrected chi connectivity index (χ3v) is 3.60. The van der Waals surface area contributed by atoms with Crippen LogP contribution in [0.1, 0.15) is 11.1 Å². The minimum absolute atomic E-state index is 0.730. The summed E-state index contributed by atoms with van der Waals surface area (Å²) in [5, 5.41) is 4.26. The Morgan fingerprint density at radius 3 is 2.94 bits per heavy atom. The van der Waals surface area contributed by atoms with E-state index in [2.05, 4.69) is 45.7 Å². The Bertz CT molecular complexity index is 451. The molecule has 0 spiro atoms. The molecule has 1 aromatic heterocycles. The highest BCUT2D eigenvalue weighted by Crippen LogP contribution is 2.23. The predicted molar refractivity (Wildman–Crippen MR) is 72.4 cm³/mol. The Labute approximate surface area is 108 Å². The fraction of sp³-hybridized carbons (Fsp3) is 0.231. The number of rotatable bonds is 4. The van der Waals surface area contributed by atoms with Gasteiger partial charge >= 0.3 is 0 Å². The maximum Gasteiger partial charge on any atom is 0.123 e. The van der Waals surface area contributed by atoms with E-state index in [1.54, 1.807) is 11.3 Å². The van der Waals surface area contributed by atoms with Crippen LogP contribution < -0.4 is 4.74 Å². The van der Waals surface area contributed by atoms with Crippen molar-refractivity contribution in [3.63, 3.8) is 0 Å². The van der Waals surface area contributed by atoms with Crippen molar-refractivity contribution in [2.24, 2.45) is 0 Å². The SMILES string of the molecule is Cc1ccc(Br)cc1OCCc1ccsc1. The van der Waals surface area contributed by atoms with Crippen molar-refractivity contribution in [1.29, 1.82) is 0 Å². The highest BCUT2D eigenvalue weighted by Gasteiger charge is 2.00. The second kappa shape index (κ2) is 5.51. The maximum absolute atomic E-state index is 5.77. The number of hydrogen-bond donors (Lipinski definition) is 0. The molecule has 0 N–H and O–H groups in total. The van der Waals surface area contributed by atoms with E-state index in [0.717, 1.165) is 23.2 Å². The molecule has 2 aromatic rings. The number of benzene rings is 1. The van der Waals surface area contributed by atoms with E-state index in [1.807, 2.05) is 12.1 Å². The molecule has 0 atom stereocenters. The Kier molecular flexibility index (Phi) is 4.02. The Balaban J connectivity index is 1.92. The number of aryl methyl sites for hydroxylation is 1. The lowest BCUT2D eigenvalue weighted by Gasteiger charge is -2.08. The molecule has 2 rings (SSSR count). The fourth-order valence-corrected chi connectivity index (χ4v) is 2.49. The lowest BCUT2D eigenvalue weighted by Crippen LogP contribution is -2.01. The van der Waals surface area contributed by atoms with Gasteiger partial charge in [-0.1, -0.05) is 22.0 Å². The average molecular weight is 297 g/mol. The molecular formula is C13H13BrOS. The van der Waals surface area contributed by atoms with Gasteiger partial charge in [0.15, 0.2) is 0 Å². The number of halogens is 1. The zero-order valence-electron chi connectivity index (χ0n) is 9.07. The summed E-state index contributed by atoms with van der Waals surface area (Å²) in [5.41, 5.74) is 2.52. The van der Waals surface area contributed by atoms with E-state index in [9.17, 15) is 0 Å². The van der Waals surface area contributed by atoms with E-state index < -0.39 is 0 Å². The van der Waals surface area contributed by atoms with Crippen LogP contribution in [0, 0.1) is 6.92 Å². The van der Waals surface area contributed by atoms with Crippen LogP contribution >= 0.6 is 27.3 Å². The summed E-state index contributed by atoms with van der Waals surface area (Å²) in [6, 6.07) is 8.25. The van der Waals surface area contributed by atoms with Gasteiger partial charge in [0.2, 0.25) is 0 Å². The lowest BCUT2D eigenvalue weighted by atomic mass is 10.2. The summed E-state index contributed by atoms with van der Waals surface area (Å²) in [6.45, 7) is 2.79. The molecule has 0 saturated carbocycles. The largest absolute Gasteiger partial charge is 0.493 e. The van der Waals surface area contributed by atoms with Crippen LogP contribution in [0.25, 0.3) is 0 Å². The Morgan fingerprint density at radius 2 is 2.19 bits per heavy atom. The first-order valence-corrected chi connectivity index (χ1v) is 6.89. The highest BCUT2D eigenvalue weighted by molar-refractivity contribution is 9.10. The summed E-state index contributed by atoms with van der Waals surface area (Å²) in [6.07, 6.45) is 0.968. The van der Waals surface area contributed by atoms with Crippen molar-refractivity contribution >= 4 is 27.3 Å². The van der Waals surface area contributed by atoms with Crippen molar-refractivity contribution in [3.8, 4) is 5.75 Å². The van der Waals surface area contributed by atoms with Gasteiger partial charge in [-0.3, -0.25) is 0 Å². The molecule has 16 heavy (non-hydrogen) atoms. The van der Waals surface area contributed by atoms with Gasteiger partial charge in [-0.25, -0.2) is 0 Å². The van der Waals surface area contributed by atoms with Crippen LogP contribution in [0.15, 0.2) is 39.5 Å². The van der Waals surface area contributed by atoms with Crippen LogP contribution in [0.2, 0.25) is 0 Å². The smallest absolute Gasteiger partial charge is 0.123 e. The number of thiophene rings is 1. The molecule has 1 heterocycles. The standard InChI is InChI=1S/C13H13BrOS/c1-10-2-3-12(14)8-13(10)15-6-4-11-5-7-16-9-11/h2-3,5,7-9H,4,6H2,1H3. The molecule has 0 aliphatic rings. The van der Waals surface area contributed by atoms with Gasteiger partial charge in [0, 0.05) is 10.9 Å². The van der Waals surface area contributed by atoms with Crippen LogP contribution in [-0.2, 0) is 6.42 Å². The summed E-state index contributed by atoms with van der Waals surface area (Å²) < 4.78 is 6.82. The maximum atomic E-state index is 5.77. The molecule has 3 heteroatoms. The second-order valence-corrected chi connectivity index (χ2v) is 5.34. The first kappa shape index (κ1) is 11.7. The molecule has 0 fully saturated rings. The van der Waals surface area contributed by atoms with Crippen LogP contribution in [0.5, 0.6) is 5.75 Å². The minimum Gasteiger partial charge on any atom is -0.493 e. The summed E-state index contributed by atoms with van der Waals surface area (Å²) in [4.78, 5) is 0. The van der Waals surface area contributed by atoms with E-state index in [1.165, 1.54) is 11.1 Å². The van der Waals surface area contributed by atoms with Crippen molar-refractivity contribution in [1.82, 2.24) is 0 Å². The van der Waals surface area contributed by atoms with Crippen LogP contribution in [0.4, 0.5) is 0 Å². The van der Waals surface area contributed by atoms with Crippen LogP contribution in [0.3, 0.4) is 0 Å². The van der Waals surface area contributed by atoms with Gasteiger partial charge in [-0.05, 0) is 47.0 Å². The van der Waals surface area contributed by atoms with E-state index in [0.29, 0.717) is 0 Å². The van der Waals surface area contributed by atoms with Gasteiger partial charge in [0.25, 0.3) is 0 Å². The Morgan fingerprint density at radius 1 is 1.31 bits per heavy atom. The first-order chi connectivity index (χ1) is 7.75. The zero-order valence-corrected chi connectivity index (χ0v) is 11.5. The van der Waals surface area contributed by atoms with Crippen molar-refractivity contribution in [2.45, 2.75) is 13.3 Å². The van der Waals surface area contributed by atoms with E-state index >= 15 is 0 Å². The topological polar surface area (TPSA) is 9.23 Å². The summed E-state index contributed by atoms with van der Waals surface area (Å²) in [7, 11) is 0. The molecule has 1 nitrogen and oxygen atoms in total. The average Bonchev–Trinajstić information content (AvgIpc) is 2.76. The summed E-state index contributed by atoms with van der Waals surface area (Å²) in [5.74, 6) is 0.963. The second-order valence-electron chi connectivity index (χ2n) is 3.64. The highest BCUT2D eigenvalue weighted by atomic mass is 79.9. The first-order valence-electron chi connectivity index (χ1n) is 5.16. The molecule has 0 aliphatic carbocycles. The number of ether oxygens (including phenoxy) is 1. The minimum atomic E-state index is 0.730.